The molecular weight excluding hydrogens is 222 g/mol. The zero-order chi connectivity index (χ0) is 11.4. The van der Waals surface area contributed by atoms with Crippen molar-refractivity contribution in [1.29, 1.82) is 0 Å². The number of thiocarbonyl (C=S) groups is 1. The second-order valence-electron chi connectivity index (χ2n) is 3.73. The molecule has 0 aliphatic carbocycles. The number of hydrogen-bond acceptors (Lipinski definition) is 4. The van der Waals surface area contributed by atoms with Crippen LogP contribution >= 0.6 is 12.2 Å². The van der Waals surface area contributed by atoms with Crippen LogP contribution in [0.5, 0.6) is 0 Å². The van der Waals surface area contributed by atoms with Gasteiger partial charge >= 0.3 is 0 Å². The van der Waals surface area contributed by atoms with Crippen molar-refractivity contribution < 1.29 is 4.74 Å². The van der Waals surface area contributed by atoms with Gasteiger partial charge in [-0.3, -0.25) is 9.88 Å². The van der Waals surface area contributed by atoms with Crippen LogP contribution in [0, 0.1) is 0 Å². The lowest BCUT2D eigenvalue weighted by Gasteiger charge is -2.33. The van der Waals surface area contributed by atoms with Gasteiger partial charge in [0.25, 0.3) is 0 Å². The molecule has 1 aromatic rings. The highest BCUT2D eigenvalue weighted by atomic mass is 32.1. The number of hydrogen-bond donors (Lipinski definition) is 1. The summed E-state index contributed by atoms with van der Waals surface area (Å²) in [5.41, 5.74) is 6.93. The molecule has 0 radical (unpaired) electrons. The Labute approximate surface area is 100 Å². The van der Waals surface area contributed by atoms with Gasteiger partial charge in [-0.1, -0.05) is 12.2 Å². The summed E-state index contributed by atoms with van der Waals surface area (Å²) in [4.78, 5) is 6.76. The average Bonchev–Trinajstić information content (AvgIpc) is 2.31. The summed E-state index contributed by atoms with van der Waals surface area (Å²) < 4.78 is 5.33. The molecule has 1 aliphatic heterocycles. The smallest absolute Gasteiger partial charge is 0.0948 e. The maximum Gasteiger partial charge on any atom is 0.0948 e. The minimum atomic E-state index is 0.00176. The van der Waals surface area contributed by atoms with Crippen LogP contribution in [0.1, 0.15) is 11.6 Å². The molecular formula is C11H15N3OS. The van der Waals surface area contributed by atoms with E-state index in [1.165, 1.54) is 0 Å². The van der Waals surface area contributed by atoms with E-state index in [9.17, 15) is 0 Å². The number of morpholine rings is 1. The standard InChI is InChI=1S/C11H15N3OS/c12-11(16)10(9-1-3-13-4-2-9)14-5-7-15-8-6-14/h1-4,10H,5-8H2,(H2,12,16). The minimum Gasteiger partial charge on any atom is -0.392 e. The van der Waals surface area contributed by atoms with Crippen molar-refractivity contribution in [3.05, 3.63) is 30.1 Å². The summed E-state index contributed by atoms with van der Waals surface area (Å²) in [5.74, 6) is 0. The molecule has 1 unspecified atom stereocenters. The Hall–Kier alpha value is -1.04. The number of rotatable bonds is 3. The highest BCUT2D eigenvalue weighted by Crippen LogP contribution is 2.21. The monoisotopic (exact) mass is 237 g/mol. The molecule has 16 heavy (non-hydrogen) atoms. The average molecular weight is 237 g/mol. The lowest BCUT2D eigenvalue weighted by Crippen LogP contribution is -2.43. The molecule has 1 atom stereocenters. The highest BCUT2D eigenvalue weighted by Gasteiger charge is 2.24. The molecule has 2 rings (SSSR count). The molecule has 0 spiro atoms. The number of aromatic nitrogens is 1. The molecule has 0 aromatic carbocycles. The molecule has 2 heterocycles. The van der Waals surface area contributed by atoms with E-state index in [4.69, 9.17) is 22.7 Å². The molecule has 5 heteroatoms. The molecule has 0 saturated carbocycles. The Morgan fingerprint density at radius 3 is 2.56 bits per heavy atom. The van der Waals surface area contributed by atoms with Crippen LogP contribution in [0.15, 0.2) is 24.5 Å². The number of pyridine rings is 1. The third kappa shape index (κ3) is 2.55. The molecule has 4 nitrogen and oxygen atoms in total. The van der Waals surface area contributed by atoms with E-state index in [1.807, 2.05) is 12.1 Å². The molecule has 2 N–H and O–H groups in total. The summed E-state index contributed by atoms with van der Waals surface area (Å²) >= 11 is 5.15. The first-order valence-electron chi connectivity index (χ1n) is 5.30. The first kappa shape index (κ1) is 11.4. The fraction of sp³-hybridized carbons (Fsp3) is 0.455. The zero-order valence-electron chi connectivity index (χ0n) is 9.00. The van der Waals surface area contributed by atoms with Crippen LogP contribution in [-0.2, 0) is 4.74 Å². The van der Waals surface area contributed by atoms with Gasteiger partial charge in [0.2, 0.25) is 0 Å². The molecule has 0 amide bonds. The summed E-state index contributed by atoms with van der Waals surface area (Å²) in [7, 11) is 0. The Morgan fingerprint density at radius 1 is 1.38 bits per heavy atom. The fourth-order valence-corrected chi connectivity index (χ4v) is 2.22. The topological polar surface area (TPSA) is 51.4 Å². The van der Waals surface area contributed by atoms with Crippen molar-refractivity contribution in [3.8, 4) is 0 Å². The second-order valence-corrected chi connectivity index (χ2v) is 4.21. The molecule has 1 saturated heterocycles. The lowest BCUT2D eigenvalue weighted by atomic mass is 10.1. The van der Waals surface area contributed by atoms with E-state index in [2.05, 4.69) is 9.88 Å². The molecule has 1 aromatic heterocycles. The summed E-state index contributed by atoms with van der Waals surface area (Å²) in [6, 6.07) is 3.92. The van der Waals surface area contributed by atoms with E-state index in [0.29, 0.717) is 4.99 Å². The van der Waals surface area contributed by atoms with Gasteiger partial charge in [-0.2, -0.15) is 0 Å². The van der Waals surface area contributed by atoms with E-state index in [-0.39, 0.29) is 6.04 Å². The first-order chi connectivity index (χ1) is 7.79. The predicted molar refractivity (Wildman–Crippen MR) is 66.2 cm³/mol. The highest BCUT2D eigenvalue weighted by molar-refractivity contribution is 7.80. The van der Waals surface area contributed by atoms with Gasteiger partial charge in [-0.05, 0) is 17.7 Å². The number of nitrogens with two attached hydrogens (primary N) is 1. The third-order valence-electron chi connectivity index (χ3n) is 2.70. The second kappa shape index (κ2) is 5.34. The van der Waals surface area contributed by atoms with Gasteiger partial charge in [-0.25, -0.2) is 0 Å². The van der Waals surface area contributed by atoms with Crippen molar-refractivity contribution >= 4 is 17.2 Å². The van der Waals surface area contributed by atoms with Crippen molar-refractivity contribution in [2.75, 3.05) is 26.3 Å². The van der Waals surface area contributed by atoms with E-state index in [0.717, 1.165) is 31.9 Å². The SMILES string of the molecule is NC(=S)C(c1ccncc1)N1CCOCC1. The number of ether oxygens (including phenoxy) is 1. The van der Waals surface area contributed by atoms with Crippen molar-refractivity contribution in [3.63, 3.8) is 0 Å². The van der Waals surface area contributed by atoms with Crippen LogP contribution in [-0.4, -0.2) is 41.2 Å². The third-order valence-corrected chi connectivity index (χ3v) is 2.93. The van der Waals surface area contributed by atoms with Crippen molar-refractivity contribution in [2.45, 2.75) is 6.04 Å². The normalized spacial score (nSPS) is 19.2. The Bertz CT molecular complexity index is 352. The van der Waals surface area contributed by atoms with E-state index < -0.39 is 0 Å². The van der Waals surface area contributed by atoms with Crippen LogP contribution in [0.3, 0.4) is 0 Å². The quantitative estimate of drug-likeness (QED) is 0.786. The Balaban J connectivity index is 2.20. The van der Waals surface area contributed by atoms with Crippen molar-refractivity contribution in [1.82, 2.24) is 9.88 Å². The number of nitrogens with zero attached hydrogens (tertiary/aromatic N) is 2. The molecule has 1 fully saturated rings. The van der Waals surface area contributed by atoms with Crippen LogP contribution in [0.25, 0.3) is 0 Å². The molecule has 86 valence electrons. The van der Waals surface area contributed by atoms with E-state index >= 15 is 0 Å². The molecule has 1 aliphatic rings. The van der Waals surface area contributed by atoms with Gasteiger partial charge in [0, 0.05) is 25.5 Å². The summed E-state index contributed by atoms with van der Waals surface area (Å²) in [5, 5.41) is 0. The Morgan fingerprint density at radius 2 is 2.00 bits per heavy atom. The van der Waals surface area contributed by atoms with Gasteiger partial charge < -0.3 is 10.5 Å². The van der Waals surface area contributed by atoms with Crippen LogP contribution in [0.2, 0.25) is 0 Å². The minimum absolute atomic E-state index is 0.00176. The van der Waals surface area contributed by atoms with Crippen LogP contribution in [0.4, 0.5) is 0 Å². The van der Waals surface area contributed by atoms with Gasteiger partial charge in [0.05, 0.1) is 24.2 Å². The molecule has 0 bridgehead atoms. The van der Waals surface area contributed by atoms with E-state index in [1.54, 1.807) is 12.4 Å². The maximum absolute atomic E-state index is 5.83. The van der Waals surface area contributed by atoms with Gasteiger partial charge in [0.15, 0.2) is 0 Å². The predicted octanol–water partition coefficient (Wildman–Crippen LogP) is 0.741. The summed E-state index contributed by atoms with van der Waals surface area (Å²) in [6.45, 7) is 3.21. The Kier molecular flexibility index (Phi) is 3.82. The van der Waals surface area contributed by atoms with Crippen LogP contribution < -0.4 is 5.73 Å². The largest absolute Gasteiger partial charge is 0.392 e. The first-order valence-corrected chi connectivity index (χ1v) is 5.71. The van der Waals surface area contributed by atoms with Gasteiger partial charge in [-0.15, -0.1) is 0 Å². The fourth-order valence-electron chi connectivity index (χ4n) is 1.94. The van der Waals surface area contributed by atoms with Crippen molar-refractivity contribution in [2.24, 2.45) is 5.73 Å². The lowest BCUT2D eigenvalue weighted by molar-refractivity contribution is 0.0289. The zero-order valence-corrected chi connectivity index (χ0v) is 9.82. The van der Waals surface area contributed by atoms with Gasteiger partial charge in [0.1, 0.15) is 0 Å². The summed E-state index contributed by atoms with van der Waals surface area (Å²) in [6.07, 6.45) is 3.53. The maximum atomic E-state index is 5.83.